The first-order valence-corrected chi connectivity index (χ1v) is 4.66. The summed E-state index contributed by atoms with van der Waals surface area (Å²) >= 11 is 0. The molecule has 74 valence electrons. The van der Waals surface area contributed by atoms with Gasteiger partial charge >= 0.3 is 0 Å². The molecule has 0 amide bonds. The highest BCUT2D eigenvalue weighted by molar-refractivity contribution is 5.97. The van der Waals surface area contributed by atoms with E-state index in [1.807, 2.05) is 30.3 Å². The Bertz CT molecular complexity index is 480. The Hall–Kier alpha value is -2.03. The third-order valence-corrected chi connectivity index (χ3v) is 2.08. The lowest BCUT2D eigenvalue weighted by atomic mass is 10.1. The normalized spacial score (nSPS) is 9.93. The van der Waals surface area contributed by atoms with E-state index in [-0.39, 0.29) is 5.78 Å². The summed E-state index contributed by atoms with van der Waals surface area (Å²) in [6.07, 6.45) is 3.12. The van der Waals surface area contributed by atoms with Crippen LogP contribution in [0.1, 0.15) is 17.4 Å². The number of aromatic nitrogens is 2. The number of ketones is 1. The van der Waals surface area contributed by atoms with E-state index in [1.165, 1.54) is 13.1 Å². The monoisotopic (exact) mass is 198 g/mol. The lowest BCUT2D eigenvalue weighted by Crippen LogP contribution is -2.01. The second kappa shape index (κ2) is 4.00. The molecule has 1 aromatic heterocycles. The van der Waals surface area contributed by atoms with Crippen LogP contribution in [0.5, 0.6) is 0 Å². The average Bonchev–Trinajstić information content (AvgIpc) is 2.30. The van der Waals surface area contributed by atoms with E-state index in [1.54, 1.807) is 6.20 Å². The molecule has 0 unspecified atom stereocenters. The summed E-state index contributed by atoms with van der Waals surface area (Å²) in [6, 6.07) is 9.57. The topological polar surface area (TPSA) is 42.9 Å². The van der Waals surface area contributed by atoms with Gasteiger partial charge in [0.2, 0.25) is 0 Å². The first-order valence-electron chi connectivity index (χ1n) is 4.66. The van der Waals surface area contributed by atoms with Gasteiger partial charge in [-0.15, -0.1) is 0 Å². The van der Waals surface area contributed by atoms with E-state index < -0.39 is 0 Å². The van der Waals surface area contributed by atoms with Crippen LogP contribution in [0.4, 0.5) is 0 Å². The highest BCUT2D eigenvalue weighted by Crippen LogP contribution is 2.18. The highest BCUT2D eigenvalue weighted by atomic mass is 16.1. The lowest BCUT2D eigenvalue weighted by Gasteiger charge is -2.03. The molecular weight excluding hydrogens is 188 g/mol. The zero-order valence-corrected chi connectivity index (χ0v) is 8.34. The first-order chi connectivity index (χ1) is 7.29. The molecule has 0 bridgehead atoms. The van der Waals surface area contributed by atoms with E-state index in [0.717, 1.165) is 5.56 Å². The van der Waals surface area contributed by atoms with Crippen LogP contribution < -0.4 is 0 Å². The minimum absolute atomic E-state index is 0.0676. The standard InChI is InChI=1S/C12H10N2O/c1-9(15)11-12(14-8-7-13-11)10-5-3-2-4-6-10/h2-8H,1H3. The molecule has 15 heavy (non-hydrogen) atoms. The number of rotatable bonds is 2. The van der Waals surface area contributed by atoms with E-state index in [2.05, 4.69) is 9.97 Å². The first kappa shape index (κ1) is 9.52. The minimum Gasteiger partial charge on any atom is -0.293 e. The van der Waals surface area contributed by atoms with Gasteiger partial charge in [-0.2, -0.15) is 0 Å². The quantitative estimate of drug-likeness (QED) is 0.695. The summed E-state index contributed by atoms with van der Waals surface area (Å²) < 4.78 is 0. The molecule has 0 aliphatic carbocycles. The van der Waals surface area contributed by atoms with E-state index in [4.69, 9.17) is 0 Å². The van der Waals surface area contributed by atoms with Crippen molar-refractivity contribution in [1.29, 1.82) is 0 Å². The largest absolute Gasteiger partial charge is 0.293 e. The smallest absolute Gasteiger partial charge is 0.180 e. The van der Waals surface area contributed by atoms with Crippen LogP contribution in [-0.4, -0.2) is 15.8 Å². The summed E-state index contributed by atoms with van der Waals surface area (Å²) in [4.78, 5) is 19.6. The van der Waals surface area contributed by atoms with Crippen molar-refractivity contribution in [2.24, 2.45) is 0 Å². The van der Waals surface area contributed by atoms with Crippen LogP contribution in [0.15, 0.2) is 42.7 Å². The number of benzene rings is 1. The van der Waals surface area contributed by atoms with Crippen LogP contribution in [0.3, 0.4) is 0 Å². The van der Waals surface area contributed by atoms with E-state index >= 15 is 0 Å². The third kappa shape index (κ3) is 1.91. The molecule has 0 saturated heterocycles. The maximum atomic E-state index is 11.3. The second-order valence-corrected chi connectivity index (χ2v) is 3.18. The molecule has 2 rings (SSSR count). The summed E-state index contributed by atoms with van der Waals surface area (Å²) in [5.41, 5.74) is 1.98. The molecule has 3 nitrogen and oxygen atoms in total. The van der Waals surface area contributed by atoms with Crippen molar-refractivity contribution in [3.05, 3.63) is 48.4 Å². The molecule has 3 heteroatoms. The van der Waals surface area contributed by atoms with Gasteiger partial charge in [-0.05, 0) is 0 Å². The molecule has 2 aromatic rings. The van der Waals surface area contributed by atoms with E-state index in [0.29, 0.717) is 11.4 Å². The molecule has 1 heterocycles. The second-order valence-electron chi connectivity index (χ2n) is 3.18. The lowest BCUT2D eigenvalue weighted by molar-refractivity contribution is 0.101. The number of nitrogens with zero attached hydrogens (tertiary/aromatic N) is 2. The molecule has 0 atom stereocenters. The Morgan fingerprint density at radius 2 is 1.73 bits per heavy atom. The summed E-state index contributed by atoms with van der Waals surface area (Å²) in [5, 5.41) is 0. The molecule has 0 spiro atoms. The number of carbonyl (C=O) groups is 1. The van der Waals surface area contributed by atoms with Crippen molar-refractivity contribution in [2.45, 2.75) is 6.92 Å². The van der Waals surface area contributed by atoms with Crippen LogP contribution in [0.25, 0.3) is 11.3 Å². The van der Waals surface area contributed by atoms with Crippen molar-refractivity contribution in [3.8, 4) is 11.3 Å². The summed E-state index contributed by atoms with van der Waals surface area (Å²) in [7, 11) is 0. The van der Waals surface area contributed by atoms with Crippen LogP contribution >= 0.6 is 0 Å². The van der Waals surface area contributed by atoms with Crippen LogP contribution in [-0.2, 0) is 0 Å². The van der Waals surface area contributed by atoms with Gasteiger partial charge in [0.25, 0.3) is 0 Å². The molecule has 0 saturated carbocycles. The Kier molecular flexibility index (Phi) is 2.54. The van der Waals surface area contributed by atoms with Gasteiger partial charge in [0.1, 0.15) is 5.69 Å². The molecule has 1 aromatic carbocycles. The average molecular weight is 198 g/mol. The zero-order valence-electron chi connectivity index (χ0n) is 8.34. The van der Waals surface area contributed by atoms with Crippen LogP contribution in [0, 0.1) is 0 Å². The number of hydrogen-bond donors (Lipinski definition) is 0. The zero-order chi connectivity index (χ0) is 10.7. The fourth-order valence-corrected chi connectivity index (χ4v) is 1.40. The maximum Gasteiger partial charge on any atom is 0.180 e. The van der Waals surface area contributed by atoms with Gasteiger partial charge in [-0.1, -0.05) is 30.3 Å². The highest BCUT2D eigenvalue weighted by Gasteiger charge is 2.10. The van der Waals surface area contributed by atoms with Crippen LogP contribution in [0.2, 0.25) is 0 Å². The van der Waals surface area contributed by atoms with Gasteiger partial charge in [-0.25, -0.2) is 4.98 Å². The number of hydrogen-bond acceptors (Lipinski definition) is 3. The van der Waals surface area contributed by atoms with Crippen molar-refractivity contribution in [2.75, 3.05) is 0 Å². The summed E-state index contributed by atoms with van der Waals surface area (Å²) in [5.74, 6) is -0.0676. The molecule has 0 fully saturated rings. The van der Waals surface area contributed by atoms with Gasteiger partial charge in [0, 0.05) is 24.9 Å². The van der Waals surface area contributed by atoms with Crippen molar-refractivity contribution in [3.63, 3.8) is 0 Å². The van der Waals surface area contributed by atoms with Crippen molar-refractivity contribution in [1.82, 2.24) is 9.97 Å². The molecule has 0 radical (unpaired) electrons. The Labute approximate surface area is 87.8 Å². The van der Waals surface area contributed by atoms with Gasteiger partial charge in [0.05, 0.1) is 5.69 Å². The molecular formula is C12H10N2O. The Morgan fingerprint density at radius 3 is 2.40 bits per heavy atom. The molecule has 0 aliphatic rings. The fraction of sp³-hybridized carbons (Fsp3) is 0.0833. The summed E-state index contributed by atoms with van der Waals surface area (Å²) in [6.45, 7) is 1.50. The number of Topliss-reactive ketones (excluding diaryl/α,β-unsaturated/α-hetero) is 1. The minimum atomic E-state index is -0.0676. The van der Waals surface area contributed by atoms with Crippen molar-refractivity contribution < 1.29 is 4.79 Å². The Morgan fingerprint density at radius 1 is 1.07 bits per heavy atom. The van der Waals surface area contributed by atoms with Gasteiger partial charge < -0.3 is 0 Å². The predicted molar refractivity (Wildman–Crippen MR) is 57.5 cm³/mol. The maximum absolute atomic E-state index is 11.3. The predicted octanol–water partition coefficient (Wildman–Crippen LogP) is 2.35. The molecule has 0 aliphatic heterocycles. The van der Waals surface area contributed by atoms with Gasteiger partial charge in [-0.3, -0.25) is 9.78 Å². The van der Waals surface area contributed by atoms with Gasteiger partial charge in [0.15, 0.2) is 5.78 Å². The van der Waals surface area contributed by atoms with E-state index in [9.17, 15) is 4.79 Å². The number of carbonyl (C=O) groups excluding carboxylic acids is 1. The Balaban J connectivity index is 2.58. The third-order valence-electron chi connectivity index (χ3n) is 2.08. The molecule has 0 N–H and O–H groups in total. The van der Waals surface area contributed by atoms with Crippen molar-refractivity contribution >= 4 is 5.78 Å². The fourth-order valence-electron chi connectivity index (χ4n) is 1.40. The SMILES string of the molecule is CC(=O)c1nccnc1-c1ccccc1.